The van der Waals surface area contributed by atoms with E-state index < -0.39 is 12.7 Å². The van der Waals surface area contributed by atoms with Crippen molar-refractivity contribution in [2.75, 3.05) is 11.9 Å². The van der Waals surface area contributed by atoms with Crippen molar-refractivity contribution in [1.82, 2.24) is 0 Å². The van der Waals surface area contributed by atoms with Gasteiger partial charge in [0.25, 0.3) is 0 Å². The number of alkyl halides is 3. The zero-order valence-electron chi connectivity index (χ0n) is 12.2. The minimum atomic E-state index is -4.20. The second-order valence-corrected chi connectivity index (χ2v) is 5.89. The van der Waals surface area contributed by atoms with Crippen LogP contribution in [0.5, 0.6) is 0 Å². The number of anilines is 1. The molecule has 1 nitrogen and oxygen atoms in total. The summed E-state index contributed by atoms with van der Waals surface area (Å²) in [6, 6.07) is 3.64. The third kappa shape index (κ3) is 4.44. The summed E-state index contributed by atoms with van der Waals surface area (Å²) in [4.78, 5) is 0. The molecule has 4 heteroatoms. The number of aryl methyl sites for hydroxylation is 1. The highest BCUT2D eigenvalue weighted by molar-refractivity contribution is 5.54. The standard InChI is InChI=1S/C15H22F3N/c1-6-12-10(2)7-11(19-9-15(16,17)18)8-13(12)14(3,4)5/h7-8,19H,6,9H2,1-5H3. The van der Waals surface area contributed by atoms with Gasteiger partial charge in [-0.1, -0.05) is 27.7 Å². The van der Waals surface area contributed by atoms with Crippen molar-refractivity contribution in [1.29, 1.82) is 0 Å². The third-order valence-corrected chi connectivity index (χ3v) is 3.13. The molecule has 0 aromatic heterocycles. The maximum Gasteiger partial charge on any atom is 0.405 e. The lowest BCUT2D eigenvalue weighted by molar-refractivity contribution is -0.115. The molecule has 0 aliphatic rings. The van der Waals surface area contributed by atoms with Crippen molar-refractivity contribution in [3.05, 3.63) is 28.8 Å². The second-order valence-electron chi connectivity index (χ2n) is 5.89. The van der Waals surface area contributed by atoms with E-state index >= 15 is 0 Å². The normalized spacial score (nSPS) is 12.6. The third-order valence-electron chi connectivity index (χ3n) is 3.13. The van der Waals surface area contributed by atoms with Crippen molar-refractivity contribution in [3.63, 3.8) is 0 Å². The molecule has 0 amide bonds. The lowest BCUT2D eigenvalue weighted by atomic mass is 9.81. The molecule has 0 fully saturated rings. The molecule has 1 aromatic carbocycles. The van der Waals surface area contributed by atoms with E-state index in [0.29, 0.717) is 5.69 Å². The fraction of sp³-hybridized carbons (Fsp3) is 0.600. The molecular formula is C15H22F3N. The maximum atomic E-state index is 12.3. The molecule has 1 N–H and O–H groups in total. The average Bonchev–Trinajstić information content (AvgIpc) is 2.23. The predicted octanol–water partition coefficient (Wildman–Crippen LogP) is 4.83. The maximum absolute atomic E-state index is 12.3. The summed E-state index contributed by atoms with van der Waals surface area (Å²) in [5.74, 6) is 0. The van der Waals surface area contributed by atoms with E-state index in [2.05, 4.69) is 33.0 Å². The van der Waals surface area contributed by atoms with Crippen LogP contribution in [0.1, 0.15) is 44.4 Å². The van der Waals surface area contributed by atoms with Crippen LogP contribution in [0.4, 0.5) is 18.9 Å². The van der Waals surface area contributed by atoms with Crippen molar-refractivity contribution in [2.45, 2.75) is 52.6 Å². The van der Waals surface area contributed by atoms with E-state index in [1.165, 1.54) is 5.56 Å². The first-order valence-corrected chi connectivity index (χ1v) is 6.49. The molecular weight excluding hydrogens is 251 g/mol. The first-order valence-electron chi connectivity index (χ1n) is 6.49. The Kier molecular flexibility index (Phi) is 4.54. The molecule has 19 heavy (non-hydrogen) atoms. The van der Waals surface area contributed by atoms with E-state index in [1.807, 2.05) is 13.0 Å². The zero-order chi connectivity index (χ0) is 14.8. The van der Waals surface area contributed by atoms with Gasteiger partial charge < -0.3 is 5.32 Å². The van der Waals surface area contributed by atoms with Gasteiger partial charge in [0.05, 0.1) is 0 Å². The predicted molar refractivity (Wildman–Crippen MR) is 73.8 cm³/mol. The molecule has 0 spiro atoms. The van der Waals surface area contributed by atoms with Gasteiger partial charge in [0, 0.05) is 5.69 Å². The number of hydrogen-bond donors (Lipinski definition) is 1. The highest BCUT2D eigenvalue weighted by Crippen LogP contribution is 2.31. The number of rotatable bonds is 3. The van der Waals surface area contributed by atoms with Gasteiger partial charge >= 0.3 is 6.18 Å². The van der Waals surface area contributed by atoms with Crippen LogP contribution in [0.2, 0.25) is 0 Å². The van der Waals surface area contributed by atoms with Gasteiger partial charge in [-0.2, -0.15) is 13.2 Å². The van der Waals surface area contributed by atoms with Gasteiger partial charge in [-0.25, -0.2) is 0 Å². The van der Waals surface area contributed by atoms with E-state index in [0.717, 1.165) is 17.5 Å². The van der Waals surface area contributed by atoms with E-state index in [9.17, 15) is 13.2 Å². The monoisotopic (exact) mass is 273 g/mol. The quantitative estimate of drug-likeness (QED) is 0.831. The zero-order valence-corrected chi connectivity index (χ0v) is 12.2. The molecule has 0 bridgehead atoms. The van der Waals surface area contributed by atoms with Crippen molar-refractivity contribution >= 4 is 5.69 Å². The van der Waals surface area contributed by atoms with Crippen LogP contribution < -0.4 is 5.32 Å². The Balaban J connectivity index is 3.13. The Labute approximate surface area is 113 Å². The molecule has 1 aromatic rings. The van der Waals surface area contributed by atoms with Crippen molar-refractivity contribution < 1.29 is 13.2 Å². The van der Waals surface area contributed by atoms with Crippen LogP contribution in [0.15, 0.2) is 12.1 Å². The van der Waals surface area contributed by atoms with Crippen LogP contribution in [-0.4, -0.2) is 12.7 Å². The first-order chi connectivity index (χ1) is 8.54. The molecule has 0 unspecified atom stereocenters. The number of benzene rings is 1. The highest BCUT2D eigenvalue weighted by atomic mass is 19.4. The minimum Gasteiger partial charge on any atom is -0.376 e. The molecule has 0 atom stereocenters. The highest BCUT2D eigenvalue weighted by Gasteiger charge is 2.27. The SMILES string of the molecule is CCc1c(C)cc(NCC(F)(F)F)cc1C(C)(C)C. The van der Waals surface area contributed by atoms with Gasteiger partial charge in [-0.3, -0.25) is 0 Å². The van der Waals surface area contributed by atoms with Crippen molar-refractivity contribution in [3.8, 4) is 0 Å². The number of nitrogens with one attached hydrogen (secondary N) is 1. The Morgan fingerprint density at radius 2 is 1.68 bits per heavy atom. The molecule has 108 valence electrons. The summed E-state index contributed by atoms with van der Waals surface area (Å²) in [5.41, 5.74) is 3.84. The average molecular weight is 273 g/mol. The lowest BCUT2D eigenvalue weighted by Crippen LogP contribution is -2.22. The number of hydrogen-bond acceptors (Lipinski definition) is 1. The first kappa shape index (κ1) is 15.9. The van der Waals surface area contributed by atoms with Crippen LogP contribution in [0.3, 0.4) is 0 Å². The molecule has 0 aliphatic carbocycles. The van der Waals surface area contributed by atoms with E-state index in [-0.39, 0.29) is 5.41 Å². The fourth-order valence-corrected chi connectivity index (χ4v) is 2.26. The van der Waals surface area contributed by atoms with E-state index in [4.69, 9.17) is 0 Å². The summed E-state index contributed by atoms with van der Waals surface area (Å²) in [6.07, 6.45) is -3.31. The van der Waals surface area contributed by atoms with Crippen molar-refractivity contribution in [2.24, 2.45) is 0 Å². The van der Waals surface area contributed by atoms with Crippen LogP contribution in [0.25, 0.3) is 0 Å². The smallest absolute Gasteiger partial charge is 0.376 e. The molecule has 0 heterocycles. The Morgan fingerprint density at radius 3 is 2.11 bits per heavy atom. The Morgan fingerprint density at radius 1 is 1.11 bits per heavy atom. The molecule has 0 saturated carbocycles. The van der Waals surface area contributed by atoms with Crippen LogP contribution >= 0.6 is 0 Å². The summed E-state index contributed by atoms with van der Waals surface area (Å²) in [5, 5.41) is 2.46. The Hall–Kier alpha value is -1.19. The van der Waals surface area contributed by atoms with E-state index in [1.54, 1.807) is 6.07 Å². The Bertz CT molecular complexity index is 442. The molecule has 0 radical (unpaired) electrons. The molecule has 0 saturated heterocycles. The summed E-state index contributed by atoms with van der Waals surface area (Å²) < 4.78 is 36.8. The minimum absolute atomic E-state index is 0.0774. The summed E-state index contributed by atoms with van der Waals surface area (Å²) >= 11 is 0. The summed E-state index contributed by atoms with van der Waals surface area (Å²) in [7, 11) is 0. The molecule has 0 aliphatic heterocycles. The molecule has 1 rings (SSSR count). The number of halogens is 3. The van der Waals surface area contributed by atoms with Gasteiger partial charge in [0.2, 0.25) is 0 Å². The summed E-state index contributed by atoms with van der Waals surface area (Å²) in [6.45, 7) is 9.26. The van der Waals surface area contributed by atoms with Gasteiger partial charge in [0.1, 0.15) is 6.54 Å². The van der Waals surface area contributed by atoms with Crippen LogP contribution in [0, 0.1) is 6.92 Å². The topological polar surface area (TPSA) is 12.0 Å². The van der Waals surface area contributed by atoms with Gasteiger partial charge in [0.15, 0.2) is 0 Å². The van der Waals surface area contributed by atoms with Gasteiger partial charge in [-0.15, -0.1) is 0 Å². The second kappa shape index (κ2) is 5.43. The largest absolute Gasteiger partial charge is 0.405 e. The van der Waals surface area contributed by atoms with Crippen LogP contribution in [-0.2, 0) is 11.8 Å². The fourth-order valence-electron chi connectivity index (χ4n) is 2.26. The van der Waals surface area contributed by atoms with Gasteiger partial charge in [-0.05, 0) is 47.6 Å². The lowest BCUT2D eigenvalue weighted by Gasteiger charge is -2.25.